The Morgan fingerprint density at radius 1 is 0.800 bits per heavy atom. The average Bonchev–Trinajstić information content (AvgIpc) is 3.60. The maximum atomic E-state index is 13.7. The van der Waals surface area contributed by atoms with Gasteiger partial charge in [-0.2, -0.15) is 13.2 Å². The van der Waals surface area contributed by atoms with Crippen LogP contribution < -0.4 is 20.9 Å². The molecule has 17 heteroatoms. The number of amides is 6. The van der Waals surface area contributed by atoms with Gasteiger partial charge in [0.05, 0.1) is 34.1 Å². The molecule has 0 aliphatic carbocycles. The van der Waals surface area contributed by atoms with E-state index in [0.717, 1.165) is 84.8 Å². The van der Waals surface area contributed by atoms with Gasteiger partial charge < -0.3 is 25.3 Å². The number of benzene rings is 4. The second-order valence-electron chi connectivity index (χ2n) is 19.2. The van der Waals surface area contributed by atoms with Crippen molar-refractivity contribution in [3.05, 3.63) is 125 Å². The van der Waals surface area contributed by atoms with Crippen LogP contribution in [0.1, 0.15) is 93.8 Å². The van der Waals surface area contributed by atoms with E-state index in [-0.39, 0.29) is 53.8 Å². The van der Waals surface area contributed by atoms with Gasteiger partial charge in [-0.3, -0.25) is 39.0 Å². The molecule has 5 aliphatic heterocycles. The zero-order valence-corrected chi connectivity index (χ0v) is 38.6. The summed E-state index contributed by atoms with van der Waals surface area (Å²) in [5, 5.41) is 10.5. The van der Waals surface area contributed by atoms with Crippen molar-refractivity contribution in [2.75, 3.05) is 56.0 Å². The first-order chi connectivity index (χ1) is 33.7. The highest BCUT2D eigenvalue weighted by Gasteiger charge is 2.47. The molecule has 3 N–H and O–H groups in total. The highest BCUT2D eigenvalue weighted by Crippen LogP contribution is 2.38. The van der Waals surface area contributed by atoms with Gasteiger partial charge in [0, 0.05) is 75.7 Å². The molecular formula is C53H53F3N8O6. The highest BCUT2D eigenvalue weighted by molar-refractivity contribution is 6.25. The summed E-state index contributed by atoms with van der Waals surface area (Å²) in [6, 6.07) is 25.7. The fourth-order valence-electron chi connectivity index (χ4n) is 10.7. The third-order valence-corrected chi connectivity index (χ3v) is 14.6. The Balaban J connectivity index is 0.658. The molecule has 0 saturated carbocycles. The van der Waals surface area contributed by atoms with Gasteiger partial charge in [0.1, 0.15) is 11.9 Å². The summed E-state index contributed by atoms with van der Waals surface area (Å²) < 4.78 is 39.4. The zero-order chi connectivity index (χ0) is 48.8. The number of anilines is 2. The molecule has 70 heavy (non-hydrogen) atoms. The second kappa shape index (κ2) is 19.0. The molecule has 14 nitrogen and oxygen atoms in total. The van der Waals surface area contributed by atoms with Crippen LogP contribution in [0.25, 0.3) is 21.9 Å². The number of carbonyl (C=O) groups is 6. The number of nitrogens with zero attached hydrogens (tertiary/aromatic N) is 5. The van der Waals surface area contributed by atoms with E-state index < -0.39 is 41.4 Å². The van der Waals surface area contributed by atoms with Crippen molar-refractivity contribution in [1.82, 2.24) is 30.3 Å². The van der Waals surface area contributed by atoms with Crippen LogP contribution in [-0.2, 0) is 20.6 Å². The number of imide groups is 2. The lowest BCUT2D eigenvalue weighted by molar-refractivity contribution is -0.143. The van der Waals surface area contributed by atoms with Crippen LogP contribution in [0, 0.1) is 11.8 Å². The van der Waals surface area contributed by atoms with Gasteiger partial charge >= 0.3 is 6.18 Å². The number of fused-ring (bicyclic) bond motifs is 2. The third-order valence-electron chi connectivity index (χ3n) is 14.6. The van der Waals surface area contributed by atoms with Gasteiger partial charge in [0.15, 0.2) is 0 Å². The highest BCUT2D eigenvalue weighted by atomic mass is 19.4. The van der Waals surface area contributed by atoms with E-state index in [1.165, 1.54) is 12.1 Å². The summed E-state index contributed by atoms with van der Waals surface area (Å²) in [6.45, 7) is 7.23. The third kappa shape index (κ3) is 9.33. The van der Waals surface area contributed by atoms with Gasteiger partial charge in [-0.15, -0.1) is 0 Å². The predicted molar refractivity (Wildman–Crippen MR) is 256 cm³/mol. The molecule has 5 aromatic rings. The molecule has 6 heterocycles. The van der Waals surface area contributed by atoms with Gasteiger partial charge in [0.2, 0.25) is 17.7 Å². The number of rotatable bonds is 11. The van der Waals surface area contributed by atoms with E-state index >= 15 is 0 Å². The predicted octanol–water partition coefficient (Wildman–Crippen LogP) is 7.06. The van der Waals surface area contributed by atoms with Crippen molar-refractivity contribution >= 4 is 57.7 Å². The van der Waals surface area contributed by atoms with E-state index in [0.29, 0.717) is 54.4 Å². The van der Waals surface area contributed by atoms with Crippen LogP contribution in [0.2, 0.25) is 0 Å². The standard InChI is InChI=1S/C53H53F3N8O6/c1-31(57-48(66)36-13-16-40-35(27-36)5-2-6-39(40)33-11-14-37(15-12-33)53(54,55)56)42-8-4-10-45(59-42)58-38-21-23-61(24-22-38)28-32-29-63(30-32)50(68)34-19-25-62(26-20-34)43-9-3-7-41-47(43)52(70)64(51(41)69)44-17-18-46(65)60-49(44)67/h2-16,27,31-32,34,38,44H,17-26,28-30H2,1H3,(H,57,66)(H,58,59)(H,60,65,67)/t31-,44?/m0/s1. The number of piperidine rings is 3. The normalized spacial score (nSPS) is 20.1. The number of nitrogens with one attached hydrogen (secondary N) is 3. The Morgan fingerprint density at radius 2 is 1.51 bits per heavy atom. The zero-order valence-electron chi connectivity index (χ0n) is 38.6. The van der Waals surface area contributed by atoms with Gasteiger partial charge in [-0.05, 0) is 109 Å². The summed E-state index contributed by atoms with van der Waals surface area (Å²) >= 11 is 0. The lowest BCUT2D eigenvalue weighted by Gasteiger charge is -2.45. The molecule has 1 aromatic heterocycles. The summed E-state index contributed by atoms with van der Waals surface area (Å²) in [5.41, 5.74) is 3.04. The van der Waals surface area contributed by atoms with Crippen molar-refractivity contribution in [2.45, 2.75) is 69.8 Å². The minimum atomic E-state index is -4.41. The molecule has 4 saturated heterocycles. The fourth-order valence-corrected chi connectivity index (χ4v) is 10.7. The molecule has 0 spiro atoms. The molecule has 1 unspecified atom stereocenters. The van der Waals surface area contributed by atoms with Gasteiger partial charge in [-0.25, -0.2) is 4.98 Å². The largest absolute Gasteiger partial charge is 0.416 e. The van der Waals surface area contributed by atoms with Gasteiger partial charge in [0.25, 0.3) is 17.7 Å². The lowest BCUT2D eigenvalue weighted by atomic mass is 9.90. The van der Waals surface area contributed by atoms with Crippen LogP contribution in [0.15, 0.2) is 97.1 Å². The van der Waals surface area contributed by atoms with Crippen molar-refractivity contribution in [2.24, 2.45) is 11.8 Å². The van der Waals surface area contributed by atoms with Crippen molar-refractivity contribution < 1.29 is 41.9 Å². The molecule has 4 aromatic carbocycles. The number of carbonyl (C=O) groups excluding carboxylic acids is 6. The molecule has 362 valence electrons. The number of hydrogen-bond donors (Lipinski definition) is 3. The molecule has 2 atom stereocenters. The quantitative estimate of drug-likeness (QED) is 0.117. The van der Waals surface area contributed by atoms with Crippen LogP contribution in [0.3, 0.4) is 0 Å². The topological polar surface area (TPSA) is 164 Å². The molecule has 10 rings (SSSR count). The van der Waals surface area contributed by atoms with Crippen LogP contribution >= 0.6 is 0 Å². The first-order valence-electron chi connectivity index (χ1n) is 24.0. The van der Waals surface area contributed by atoms with Crippen LogP contribution in [0.4, 0.5) is 24.7 Å². The first-order valence-corrected chi connectivity index (χ1v) is 24.0. The smallest absolute Gasteiger partial charge is 0.371 e. The monoisotopic (exact) mass is 954 g/mol. The molecule has 4 fully saturated rings. The fraction of sp³-hybridized carbons (Fsp3) is 0.377. The van der Waals surface area contributed by atoms with E-state index in [9.17, 15) is 41.9 Å². The van der Waals surface area contributed by atoms with E-state index in [2.05, 4.69) is 25.8 Å². The minimum absolute atomic E-state index is 0.0551. The van der Waals surface area contributed by atoms with Crippen molar-refractivity contribution in [3.63, 3.8) is 0 Å². The number of halogens is 3. The van der Waals surface area contributed by atoms with E-state index in [4.69, 9.17) is 4.98 Å². The summed E-state index contributed by atoms with van der Waals surface area (Å²) in [7, 11) is 0. The summed E-state index contributed by atoms with van der Waals surface area (Å²) in [5.74, 6) is -1.20. The number of pyridine rings is 1. The number of likely N-dealkylation sites (tertiary alicyclic amines) is 2. The Kier molecular flexibility index (Phi) is 12.6. The number of alkyl halides is 3. The second-order valence-corrected chi connectivity index (χ2v) is 19.2. The average molecular weight is 955 g/mol. The Labute approximate surface area is 402 Å². The van der Waals surface area contributed by atoms with Crippen molar-refractivity contribution in [3.8, 4) is 11.1 Å². The van der Waals surface area contributed by atoms with Gasteiger partial charge in [-0.1, -0.05) is 48.5 Å². The molecule has 5 aliphatic rings. The molecule has 6 amide bonds. The molecule has 0 bridgehead atoms. The summed E-state index contributed by atoms with van der Waals surface area (Å²) in [4.78, 5) is 90.7. The molecular weight excluding hydrogens is 902 g/mol. The van der Waals surface area contributed by atoms with E-state index in [1.54, 1.807) is 24.3 Å². The Bertz CT molecular complexity index is 2890. The maximum absolute atomic E-state index is 13.7. The Morgan fingerprint density at radius 3 is 2.24 bits per heavy atom. The SMILES string of the molecule is C[C@H](NC(=O)c1ccc2c(-c3ccc(C(F)(F)F)cc3)cccc2c1)c1cccc(NC2CCN(CC3CN(C(=O)C4CCN(c5cccc6c5C(=O)N(C5CCC(=O)NC5=O)C6=O)CC4)C3)CC2)n1. The minimum Gasteiger partial charge on any atom is -0.371 e. The summed E-state index contributed by atoms with van der Waals surface area (Å²) in [6.07, 6.45) is -1.13. The lowest BCUT2D eigenvalue weighted by Crippen LogP contribution is -2.57. The van der Waals surface area contributed by atoms with E-state index in [1.807, 2.05) is 60.4 Å². The van der Waals surface area contributed by atoms with Crippen LogP contribution in [-0.4, -0.2) is 113 Å². The van der Waals surface area contributed by atoms with Crippen molar-refractivity contribution in [1.29, 1.82) is 0 Å². The first kappa shape index (κ1) is 46.6. The number of aromatic nitrogens is 1. The number of hydrogen-bond acceptors (Lipinski definition) is 10. The molecule has 0 radical (unpaired) electrons. The maximum Gasteiger partial charge on any atom is 0.416 e. The Hall–Kier alpha value is -7.14. The van der Waals surface area contributed by atoms with Crippen LogP contribution in [0.5, 0.6) is 0 Å².